The second-order valence-corrected chi connectivity index (χ2v) is 5.51. The molecule has 1 fully saturated rings. The van der Waals surface area contributed by atoms with Crippen LogP contribution >= 0.6 is 11.8 Å². The molecule has 2 unspecified atom stereocenters. The van der Waals surface area contributed by atoms with Crippen LogP contribution in [0.2, 0.25) is 0 Å². The van der Waals surface area contributed by atoms with E-state index in [0.717, 1.165) is 25.5 Å². The minimum Gasteiger partial charge on any atom is -0.388 e. The van der Waals surface area contributed by atoms with E-state index < -0.39 is 5.60 Å². The first-order chi connectivity index (χ1) is 7.14. The maximum absolute atomic E-state index is 9.93. The van der Waals surface area contributed by atoms with E-state index in [9.17, 15) is 5.11 Å². The van der Waals surface area contributed by atoms with Gasteiger partial charge in [0, 0.05) is 25.4 Å². The largest absolute Gasteiger partial charge is 0.388 e. The zero-order valence-electron chi connectivity index (χ0n) is 9.79. The number of nitrogens with one attached hydrogen (secondary N) is 1. The molecule has 4 heteroatoms. The molecule has 0 aliphatic carbocycles. The number of hydrogen-bond acceptors (Lipinski definition) is 4. The van der Waals surface area contributed by atoms with Gasteiger partial charge in [-0.25, -0.2) is 0 Å². The van der Waals surface area contributed by atoms with Crippen LogP contribution in [0.4, 0.5) is 0 Å². The topological polar surface area (TPSA) is 41.5 Å². The highest BCUT2D eigenvalue weighted by molar-refractivity contribution is 7.98. The van der Waals surface area contributed by atoms with Crippen molar-refractivity contribution in [2.24, 2.45) is 5.92 Å². The molecule has 1 aliphatic heterocycles. The Morgan fingerprint density at radius 2 is 2.40 bits per heavy atom. The first-order valence-corrected chi connectivity index (χ1v) is 7.03. The Balaban J connectivity index is 2.09. The maximum Gasteiger partial charge on any atom is 0.0833 e. The zero-order chi connectivity index (χ0) is 11.1. The van der Waals surface area contributed by atoms with Crippen molar-refractivity contribution in [2.75, 3.05) is 38.3 Å². The first-order valence-electron chi connectivity index (χ1n) is 5.64. The third kappa shape index (κ3) is 5.76. The molecule has 15 heavy (non-hydrogen) atoms. The molecular formula is C11H23NO2S. The molecule has 0 aromatic rings. The molecule has 2 N–H and O–H groups in total. The van der Waals surface area contributed by atoms with Crippen LogP contribution in [0.15, 0.2) is 0 Å². The Labute approximate surface area is 97.0 Å². The molecule has 1 aliphatic rings. The zero-order valence-corrected chi connectivity index (χ0v) is 10.6. The number of hydrogen-bond donors (Lipinski definition) is 2. The smallest absolute Gasteiger partial charge is 0.0833 e. The molecule has 0 amide bonds. The lowest BCUT2D eigenvalue weighted by molar-refractivity contribution is 0.0478. The summed E-state index contributed by atoms with van der Waals surface area (Å²) in [6.07, 6.45) is 4.44. The molecule has 1 rings (SSSR count). The highest BCUT2D eigenvalue weighted by Gasteiger charge is 2.20. The van der Waals surface area contributed by atoms with Crippen LogP contribution in [0.25, 0.3) is 0 Å². The monoisotopic (exact) mass is 233 g/mol. The molecule has 2 atom stereocenters. The van der Waals surface area contributed by atoms with Gasteiger partial charge in [0.25, 0.3) is 0 Å². The minimum atomic E-state index is -0.588. The molecule has 0 spiro atoms. The van der Waals surface area contributed by atoms with E-state index in [1.165, 1.54) is 12.8 Å². The third-order valence-electron chi connectivity index (χ3n) is 2.65. The summed E-state index contributed by atoms with van der Waals surface area (Å²) in [5, 5.41) is 13.3. The van der Waals surface area contributed by atoms with Crippen molar-refractivity contribution in [1.29, 1.82) is 0 Å². The van der Waals surface area contributed by atoms with Crippen LogP contribution in [0.3, 0.4) is 0 Å². The summed E-state index contributed by atoms with van der Waals surface area (Å²) >= 11 is 1.68. The molecule has 0 bridgehead atoms. The number of ether oxygens (including phenoxy) is 1. The number of rotatable bonds is 6. The van der Waals surface area contributed by atoms with Gasteiger partial charge in [-0.2, -0.15) is 11.8 Å². The van der Waals surface area contributed by atoms with Gasteiger partial charge in [0.1, 0.15) is 0 Å². The average molecular weight is 233 g/mol. The third-order valence-corrected chi connectivity index (χ3v) is 3.56. The molecule has 0 radical (unpaired) electrons. The summed E-state index contributed by atoms with van der Waals surface area (Å²) in [7, 11) is 0. The standard InChI is InChI=1S/C11H23NO2S/c1-11(13,9-15-2)8-12-6-10-4-3-5-14-7-10/h10,12-13H,3-9H2,1-2H3. The molecule has 0 aromatic heterocycles. The lowest BCUT2D eigenvalue weighted by Crippen LogP contribution is -2.42. The summed E-state index contributed by atoms with van der Waals surface area (Å²) in [5.41, 5.74) is -0.588. The molecule has 1 heterocycles. The molecule has 90 valence electrons. The quantitative estimate of drug-likeness (QED) is 0.721. The van der Waals surface area contributed by atoms with Crippen LogP contribution < -0.4 is 5.32 Å². The highest BCUT2D eigenvalue weighted by Crippen LogP contribution is 2.13. The van der Waals surface area contributed by atoms with Gasteiger partial charge in [-0.1, -0.05) is 0 Å². The molecule has 3 nitrogen and oxygen atoms in total. The second kappa shape index (κ2) is 6.74. The second-order valence-electron chi connectivity index (χ2n) is 4.64. The average Bonchev–Trinajstić information content (AvgIpc) is 2.19. The van der Waals surface area contributed by atoms with E-state index in [4.69, 9.17) is 4.74 Å². The minimum absolute atomic E-state index is 0.588. The Hall–Kier alpha value is 0.230. The van der Waals surface area contributed by atoms with Crippen molar-refractivity contribution in [2.45, 2.75) is 25.4 Å². The number of thioether (sulfide) groups is 1. The fourth-order valence-electron chi connectivity index (χ4n) is 1.88. The van der Waals surface area contributed by atoms with Crippen LogP contribution in [-0.4, -0.2) is 49.0 Å². The summed E-state index contributed by atoms with van der Waals surface area (Å²) in [6, 6.07) is 0. The van der Waals surface area contributed by atoms with E-state index in [1.54, 1.807) is 11.8 Å². The summed E-state index contributed by atoms with van der Waals surface area (Å²) in [5.74, 6) is 1.41. The van der Waals surface area contributed by atoms with Crippen LogP contribution in [0, 0.1) is 5.92 Å². The first kappa shape index (κ1) is 13.3. The summed E-state index contributed by atoms with van der Waals surface area (Å²) in [4.78, 5) is 0. The van der Waals surface area contributed by atoms with E-state index in [2.05, 4.69) is 5.32 Å². The van der Waals surface area contributed by atoms with Gasteiger partial charge in [-0.15, -0.1) is 0 Å². The fourth-order valence-corrected chi connectivity index (χ4v) is 2.60. The van der Waals surface area contributed by atoms with Crippen molar-refractivity contribution in [3.05, 3.63) is 0 Å². The van der Waals surface area contributed by atoms with Gasteiger partial charge in [0.05, 0.1) is 12.2 Å². The SMILES string of the molecule is CSCC(C)(O)CNCC1CCCOC1. The Kier molecular flexibility index (Phi) is 5.97. The normalized spacial score (nSPS) is 26.2. The van der Waals surface area contributed by atoms with Gasteiger partial charge in [-0.05, 0) is 31.9 Å². The van der Waals surface area contributed by atoms with Crippen molar-refractivity contribution >= 4 is 11.8 Å². The molecule has 1 saturated heterocycles. The maximum atomic E-state index is 9.93. The Bertz CT molecular complexity index is 170. The molecule has 0 saturated carbocycles. The van der Waals surface area contributed by atoms with Crippen LogP contribution in [0.5, 0.6) is 0 Å². The van der Waals surface area contributed by atoms with E-state index in [-0.39, 0.29) is 0 Å². The van der Waals surface area contributed by atoms with Crippen molar-refractivity contribution in [1.82, 2.24) is 5.32 Å². The van der Waals surface area contributed by atoms with E-state index in [1.807, 2.05) is 13.2 Å². The van der Waals surface area contributed by atoms with Crippen LogP contribution in [0.1, 0.15) is 19.8 Å². The Morgan fingerprint density at radius 1 is 1.60 bits per heavy atom. The van der Waals surface area contributed by atoms with E-state index >= 15 is 0 Å². The predicted molar refractivity (Wildman–Crippen MR) is 65.4 cm³/mol. The highest BCUT2D eigenvalue weighted by atomic mass is 32.2. The lowest BCUT2D eigenvalue weighted by atomic mass is 10.0. The number of aliphatic hydroxyl groups is 1. The molecular weight excluding hydrogens is 210 g/mol. The van der Waals surface area contributed by atoms with Crippen molar-refractivity contribution < 1.29 is 9.84 Å². The summed E-state index contributed by atoms with van der Waals surface area (Å²) in [6.45, 7) is 5.31. The van der Waals surface area contributed by atoms with Gasteiger partial charge >= 0.3 is 0 Å². The van der Waals surface area contributed by atoms with Crippen molar-refractivity contribution in [3.8, 4) is 0 Å². The van der Waals surface area contributed by atoms with Gasteiger partial charge < -0.3 is 15.2 Å². The predicted octanol–water partition coefficient (Wildman–Crippen LogP) is 1.12. The Morgan fingerprint density at radius 3 is 3.00 bits per heavy atom. The van der Waals surface area contributed by atoms with Crippen LogP contribution in [-0.2, 0) is 4.74 Å². The lowest BCUT2D eigenvalue weighted by Gasteiger charge is -2.26. The van der Waals surface area contributed by atoms with Gasteiger partial charge in [0.15, 0.2) is 0 Å². The van der Waals surface area contributed by atoms with E-state index in [0.29, 0.717) is 12.5 Å². The van der Waals surface area contributed by atoms with Gasteiger partial charge in [0.2, 0.25) is 0 Å². The molecule has 0 aromatic carbocycles. The van der Waals surface area contributed by atoms with Gasteiger partial charge in [-0.3, -0.25) is 0 Å². The van der Waals surface area contributed by atoms with Crippen molar-refractivity contribution in [3.63, 3.8) is 0 Å². The fraction of sp³-hybridized carbons (Fsp3) is 1.00. The summed E-state index contributed by atoms with van der Waals surface area (Å²) < 4.78 is 5.41.